The molecule has 1 saturated heterocycles. The molecular weight excluding hydrogens is 603 g/mol. The third-order valence-electron chi connectivity index (χ3n) is 7.12. The van der Waals surface area contributed by atoms with Gasteiger partial charge in [0.2, 0.25) is 0 Å². The van der Waals surface area contributed by atoms with Gasteiger partial charge >= 0.3 is 6.18 Å². The van der Waals surface area contributed by atoms with Crippen LogP contribution in [0.15, 0.2) is 41.6 Å². The molecule has 1 aromatic heterocycles. The summed E-state index contributed by atoms with van der Waals surface area (Å²) in [6.45, 7) is -0.0297. The topological polar surface area (TPSA) is 146 Å². The number of aliphatic hydroxyl groups excluding tert-OH is 2. The number of piperidine rings is 1. The molecule has 0 bridgehead atoms. The Labute approximate surface area is 252 Å². The third kappa shape index (κ3) is 8.63. The molecule has 0 radical (unpaired) electrons. The zero-order valence-corrected chi connectivity index (χ0v) is 25.0. The van der Waals surface area contributed by atoms with Crippen molar-refractivity contribution >= 4 is 32.5 Å². The van der Waals surface area contributed by atoms with Gasteiger partial charge in [0.05, 0.1) is 54.4 Å². The Hall–Kier alpha value is -3.84. The van der Waals surface area contributed by atoms with Gasteiger partial charge in [0.15, 0.2) is 9.84 Å². The van der Waals surface area contributed by atoms with E-state index in [1.54, 1.807) is 6.07 Å². The number of carbonyl (C=O) groups excluding carboxylic acids is 1. The summed E-state index contributed by atoms with van der Waals surface area (Å²) in [7, 11) is -2.04. The summed E-state index contributed by atoms with van der Waals surface area (Å²) in [5.74, 6) is 5.57. The highest BCUT2D eigenvalue weighted by molar-refractivity contribution is 7.90. The summed E-state index contributed by atoms with van der Waals surface area (Å²) in [5.41, 5.74) is 1.12. The van der Waals surface area contributed by atoms with Crippen LogP contribution in [0, 0.1) is 11.8 Å². The van der Waals surface area contributed by atoms with Gasteiger partial charge in [-0.2, -0.15) is 13.2 Å². The van der Waals surface area contributed by atoms with E-state index in [2.05, 4.69) is 27.5 Å². The van der Waals surface area contributed by atoms with Crippen molar-refractivity contribution in [3.05, 3.63) is 47.8 Å². The molecule has 0 aliphatic carbocycles. The zero-order chi connectivity index (χ0) is 32.1. The number of benzene rings is 2. The second kappa shape index (κ2) is 13.9. The largest absolute Gasteiger partial charge is 0.495 e. The van der Waals surface area contributed by atoms with Gasteiger partial charge in [-0.25, -0.2) is 13.4 Å². The van der Waals surface area contributed by atoms with E-state index < -0.39 is 34.6 Å². The Bertz CT molecular complexity index is 1660. The lowest BCUT2D eigenvalue weighted by molar-refractivity contribution is -0.139. The summed E-state index contributed by atoms with van der Waals surface area (Å²) < 4.78 is 69.7. The van der Waals surface area contributed by atoms with E-state index in [1.807, 2.05) is 4.90 Å². The number of carbonyl (C=O) groups is 1. The maximum atomic E-state index is 13.4. The van der Waals surface area contributed by atoms with E-state index in [0.29, 0.717) is 49.5 Å². The number of anilines is 1. The predicted molar refractivity (Wildman–Crippen MR) is 157 cm³/mol. The number of halogens is 3. The van der Waals surface area contributed by atoms with Crippen molar-refractivity contribution in [2.24, 2.45) is 0 Å². The van der Waals surface area contributed by atoms with Crippen LogP contribution in [-0.2, 0) is 16.4 Å². The number of nitrogens with one attached hydrogen (secondary N) is 2. The number of methoxy groups -OCH3 is 1. The number of sulfone groups is 1. The van der Waals surface area contributed by atoms with Gasteiger partial charge < -0.3 is 35.1 Å². The Balaban J connectivity index is 1.54. The maximum absolute atomic E-state index is 13.4. The fraction of sp³-hybridized carbons (Fsp3) is 0.448. The molecule has 0 saturated carbocycles. The molecule has 4 N–H and O–H groups in total. The predicted octanol–water partition coefficient (Wildman–Crippen LogP) is 2.02. The van der Waals surface area contributed by atoms with Crippen LogP contribution >= 0.6 is 0 Å². The van der Waals surface area contributed by atoms with Crippen molar-refractivity contribution in [1.82, 2.24) is 19.8 Å². The molecule has 2 heterocycles. The molecule has 238 valence electrons. The van der Waals surface area contributed by atoms with Gasteiger partial charge in [-0.05, 0) is 37.1 Å². The first-order valence-corrected chi connectivity index (χ1v) is 15.6. The number of amides is 1. The van der Waals surface area contributed by atoms with Crippen LogP contribution in [0.4, 0.5) is 18.9 Å². The number of β-amino-alcohol motifs (C(OH)–C–C–N with tert-alkyl or cyclic N) is 1. The molecule has 15 heteroatoms. The number of aromatic nitrogens is 2. The number of hydrogen-bond acceptors (Lipinski definition) is 9. The highest BCUT2D eigenvalue weighted by Crippen LogP contribution is 2.28. The first-order chi connectivity index (χ1) is 20.8. The first kappa shape index (κ1) is 33.1. The fourth-order valence-electron chi connectivity index (χ4n) is 4.94. The average molecular weight is 638 g/mol. The van der Waals surface area contributed by atoms with Crippen LogP contribution in [0.25, 0.3) is 11.0 Å². The van der Waals surface area contributed by atoms with E-state index >= 15 is 0 Å². The molecule has 1 amide bonds. The molecule has 1 aliphatic heterocycles. The summed E-state index contributed by atoms with van der Waals surface area (Å²) in [4.78, 5) is 19.6. The van der Waals surface area contributed by atoms with E-state index in [9.17, 15) is 31.5 Å². The molecule has 1 fully saturated rings. The van der Waals surface area contributed by atoms with Crippen LogP contribution in [0.2, 0.25) is 0 Å². The zero-order valence-electron chi connectivity index (χ0n) is 24.2. The molecule has 1 unspecified atom stereocenters. The number of hydrogen-bond donors (Lipinski definition) is 4. The van der Waals surface area contributed by atoms with Gasteiger partial charge in [-0.1, -0.05) is 11.8 Å². The lowest BCUT2D eigenvalue weighted by Gasteiger charge is -2.33. The Morgan fingerprint density at radius 3 is 2.59 bits per heavy atom. The SMILES string of the molecule is COc1cc(S(C)(=O)=O)ccc1NCC#Cc1cc(C(=O)NC2CCN(CC(O)CO)CC2)c2ncn(CC(F)(F)F)c2c1. The van der Waals surface area contributed by atoms with Crippen LogP contribution in [0.5, 0.6) is 5.75 Å². The number of fused-ring (bicyclic) bond motifs is 1. The van der Waals surface area contributed by atoms with Crippen LogP contribution in [0.1, 0.15) is 28.8 Å². The number of aliphatic hydroxyl groups is 2. The third-order valence-corrected chi connectivity index (χ3v) is 8.23. The second-order valence-electron chi connectivity index (χ2n) is 10.6. The minimum absolute atomic E-state index is 0.0829. The lowest BCUT2D eigenvalue weighted by Crippen LogP contribution is -2.46. The molecule has 44 heavy (non-hydrogen) atoms. The van der Waals surface area contributed by atoms with Crippen molar-refractivity contribution in [3.8, 4) is 17.6 Å². The average Bonchev–Trinajstić information content (AvgIpc) is 3.36. The molecular formula is C29H34F3N5O6S. The van der Waals surface area contributed by atoms with Gasteiger partial charge in [-0.3, -0.25) is 4.79 Å². The van der Waals surface area contributed by atoms with Gasteiger partial charge in [0.1, 0.15) is 17.8 Å². The number of ether oxygens (including phenoxy) is 1. The molecule has 1 aliphatic rings. The lowest BCUT2D eigenvalue weighted by atomic mass is 10.0. The number of rotatable bonds is 10. The number of nitrogens with zero attached hydrogens (tertiary/aromatic N) is 3. The summed E-state index contributed by atoms with van der Waals surface area (Å²) >= 11 is 0. The molecule has 1 atom stereocenters. The maximum Gasteiger partial charge on any atom is 0.406 e. The second-order valence-corrected chi connectivity index (χ2v) is 12.6. The quantitative estimate of drug-likeness (QED) is 0.245. The number of imidazole rings is 1. The highest BCUT2D eigenvalue weighted by atomic mass is 32.2. The molecule has 4 rings (SSSR count). The van der Waals surface area contributed by atoms with Crippen molar-refractivity contribution < 1.29 is 41.3 Å². The van der Waals surface area contributed by atoms with Crippen LogP contribution in [0.3, 0.4) is 0 Å². The van der Waals surface area contributed by atoms with Gasteiger partial charge in [0.25, 0.3) is 5.91 Å². The van der Waals surface area contributed by atoms with E-state index in [4.69, 9.17) is 9.84 Å². The summed E-state index contributed by atoms with van der Waals surface area (Å²) in [6.07, 6.45) is -2.04. The monoisotopic (exact) mass is 637 g/mol. The first-order valence-electron chi connectivity index (χ1n) is 13.8. The molecule has 2 aromatic carbocycles. The van der Waals surface area contributed by atoms with E-state index in [-0.39, 0.29) is 40.7 Å². The van der Waals surface area contributed by atoms with Crippen molar-refractivity contribution in [2.45, 2.75) is 42.6 Å². The Kier molecular flexibility index (Phi) is 10.4. The normalized spacial score (nSPS) is 15.4. The Morgan fingerprint density at radius 1 is 1.23 bits per heavy atom. The number of likely N-dealkylation sites (tertiary alicyclic amines) is 1. The molecule has 0 spiro atoms. The Morgan fingerprint density at radius 2 is 1.95 bits per heavy atom. The number of alkyl halides is 3. The van der Waals surface area contributed by atoms with Crippen molar-refractivity contribution in [3.63, 3.8) is 0 Å². The van der Waals surface area contributed by atoms with Crippen molar-refractivity contribution in [1.29, 1.82) is 0 Å². The molecule has 3 aromatic rings. The van der Waals surface area contributed by atoms with Crippen molar-refractivity contribution in [2.75, 3.05) is 51.5 Å². The van der Waals surface area contributed by atoms with Gasteiger partial charge in [-0.15, -0.1) is 0 Å². The highest BCUT2D eigenvalue weighted by Gasteiger charge is 2.30. The van der Waals surface area contributed by atoms with E-state index in [0.717, 1.165) is 17.2 Å². The van der Waals surface area contributed by atoms with Crippen LogP contribution in [-0.4, -0.2) is 103 Å². The summed E-state index contributed by atoms with van der Waals surface area (Å²) in [6, 6.07) is 7.10. The van der Waals surface area contributed by atoms with E-state index in [1.165, 1.54) is 31.4 Å². The minimum Gasteiger partial charge on any atom is -0.495 e. The standard InChI is InChI=1S/C29H34F3N5O6S/c1-43-26-14-22(44(2,41)42)5-6-24(26)33-9-3-4-19-12-23(27-25(13-19)37(18-34-27)17-29(30,31)32)28(40)35-20-7-10-36(11-8-20)15-21(39)16-38/h5-6,12-14,18,20-21,33,38-39H,7-11,15-17H2,1-2H3,(H,35,40). The van der Waals surface area contributed by atoms with Crippen LogP contribution < -0.4 is 15.4 Å². The minimum atomic E-state index is -4.51. The van der Waals surface area contributed by atoms with Gasteiger partial charge in [0, 0.05) is 43.6 Å². The summed E-state index contributed by atoms with van der Waals surface area (Å²) in [5, 5.41) is 24.7. The molecule has 11 nitrogen and oxygen atoms in total. The fourth-order valence-corrected chi connectivity index (χ4v) is 5.58. The smallest absolute Gasteiger partial charge is 0.406 e.